The van der Waals surface area contributed by atoms with Crippen LogP contribution in [0.15, 0.2) is 34.8 Å². The lowest BCUT2D eigenvalue weighted by molar-refractivity contribution is -0.421. The highest BCUT2D eigenvalue weighted by Crippen LogP contribution is 2.32. The Morgan fingerprint density at radius 1 is 1.47 bits per heavy atom. The Balaban J connectivity index is 2.73. The quantitative estimate of drug-likeness (QED) is 0.357. The summed E-state index contributed by atoms with van der Waals surface area (Å²) in [4.78, 5) is 43.9. The van der Waals surface area contributed by atoms with Crippen molar-refractivity contribution in [2.75, 3.05) is 20.0 Å². The number of hydrogen-bond donors (Lipinski definition) is 1. The summed E-state index contributed by atoms with van der Waals surface area (Å²) in [6.45, 7) is 1.47. The largest absolute Gasteiger partial charge is 0.478 e. The molecular formula is C17H16N4O8S. The first-order valence-electron chi connectivity index (χ1n) is 8.24. The summed E-state index contributed by atoms with van der Waals surface area (Å²) >= 11 is 1.06. The van der Waals surface area contributed by atoms with E-state index in [-0.39, 0.29) is 23.5 Å². The van der Waals surface area contributed by atoms with Gasteiger partial charge >= 0.3 is 23.5 Å². The molecule has 0 saturated carbocycles. The molecule has 2 rings (SSSR count). The minimum Gasteiger partial charge on any atom is -0.478 e. The third-order valence-electron chi connectivity index (χ3n) is 3.67. The Bertz CT molecular complexity index is 984. The highest BCUT2D eigenvalue weighted by atomic mass is 32.2. The summed E-state index contributed by atoms with van der Waals surface area (Å²) in [6, 6.07) is 5.30. The summed E-state index contributed by atoms with van der Waals surface area (Å²) in [5.41, 5.74) is -2.77. The number of ether oxygens (including phenoxy) is 2. The zero-order chi connectivity index (χ0) is 22.4. The first-order valence-corrected chi connectivity index (χ1v) is 9.53. The Hall–Kier alpha value is -3.63. The van der Waals surface area contributed by atoms with Crippen molar-refractivity contribution < 1.29 is 33.9 Å². The van der Waals surface area contributed by atoms with E-state index >= 15 is 0 Å². The van der Waals surface area contributed by atoms with Gasteiger partial charge in [-0.05, 0) is 31.4 Å². The molecule has 30 heavy (non-hydrogen) atoms. The van der Waals surface area contributed by atoms with Gasteiger partial charge in [0.2, 0.25) is 5.71 Å². The number of benzene rings is 1. The molecule has 1 aromatic rings. The first kappa shape index (κ1) is 22.7. The molecule has 0 amide bonds. The number of nitriles is 1. The van der Waals surface area contributed by atoms with Gasteiger partial charge in [0, 0.05) is 0 Å². The number of thioether (sulfide) groups is 1. The topological polar surface area (TPSA) is 165 Å². The second kappa shape index (κ2) is 9.72. The highest BCUT2D eigenvalue weighted by molar-refractivity contribution is 7.99. The summed E-state index contributed by atoms with van der Waals surface area (Å²) < 4.78 is 10.4. The molecule has 0 fully saturated rings. The van der Waals surface area contributed by atoms with E-state index in [0.29, 0.717) is 0 Å². The van der Waals surface area contributed by atoms with Crippen LogP contribution in [0.2, 0.25) is 0 Å². The molecule has 13 heteroatoms. The van der Waals surface area contributed by atoms with E-state index < -0.39 is 39.7 Å². The van der Waals surface area contributed by atoms with Crippen LogP contribution in [0.25, 0.3) is 0 Å². The third-order valence-corrected chi connectivity index (χ3v) is 4.39. The molecule has 0 aliphatic carbocycles. The number of carboxylic acids is 1. The van der Waals surface area contributed by atoms with Gasteiger partial charge < -0.3 is 14.6 Å². The van der Waals surface area contributed by atoms with Crippen LogP contribution in [-0.2, 0) is 14.4 Å². The van der Waals surface area contributed by atoms with Crippen molar-refractivity contribution in [2.24, 2.45) is 4.99 Å². The minimum atomic E-state index is -1.39. The summed E-state index contributed by atoms with van der Waals surface area (Å²) in [7, 11) is 1.19. The van der Waals surface area contributed by atoms with Gasteiger partial charge in [-0.15, -0.1) is 11.8 Å². The summed E-state index contributed by atoms with van der Waals surface area (Å²) in [6.07, 6.45) is 1.61. The van der Waals surface area contributed by atoms with Crippen molar-refractivity contribution >= 4 is 29.4 Å². The standard InChI is InChI=1S/C17H16N4O8S/c1-4-28-16(24)12-13(21(25)26)14(20(27-2)17(19-12)30-3)29-11-7-9(8-18)5-6-10(11)15(22)23/h5-7,17H,4H2,1-3H3,(H,22,23). The predicted molar refractivity (Wildman–Crippen MR) is 103 cm³/mol. The molecule has 0 radical (unpaired) electrons. The van der Waals surface area contributed by atoms with Crippen molar-refractivity contribution in [3.05, 3.63) is 51.0 Å². The Kier molecular flexibility index (Phi) is 7.34. The number of esters is 1. The van der Waals surface area contributed by atoms with Gasteiger partial charge in [-0.3, -0.25) is 15.0 Å². The Labute approximate surface area is 174 Å². The Morgan fingerprint density at radius 3 is 2.67 bits per heavy atom. The van der Waals surface area contributed by atoms with Crippen molar-refractivity contribution in [3.63, 3.8) is 0 Å². The maximum Gasteiger partial charge on any atom is 0.364 e. The average Bonchev–Trinajstić information content (AvgIpc) is 2.72. The van der Waals surface area contributed by atoms with Crippen molar-refractivity contribution in [1.29, 1.82) is 5.26 Å². The summed E-state index contributed by atoms with van der Waals surface area (Å²) in [5.74, 6) is -3.39. The number of carbonyl (C=O) groups excluding carboxylic acids is 1. The molecule has 1 aromatic carbocycles. The fourth-order valence-electron chi connectivity index (χ4n) is 2.42. The van der Waals surface area contributed by atoms with E-state index in [0.717, 1.165) is 29.0 Å². The smallest absolute Gasteiger partial charge is 0.364 e. The molecule has 1 N–H and O–H groups in total. The maximum absolute atomic E-state index is 12.3. The molecular weight excluding hydrogens is 420 g/mol. The number of aromatic carboxylic acids is 1. The van der Waals surface area contributed by atoms with E-state index in [9.17, 15) is 24.8 Å². The second-order valence-electron chi connectivity index (χ2n) is 5.41. The van der Waals surface area contributed by atoms with Gasteiger partial charge in [-0.2, -0.15) is 10.3 Å². The minimum absolute atomic E-state index is 0.0512. The molecule has 1 atom stereocenters. The van der Waals surface area contributed by atoms with Crippen molar-refractivity contribution in [2.45, 2.75) is 12.4 Å². The molecule has 1 heterocycles. The van der Waals surface area contributed by atoms with Gasteiger partial charge in [0.05, 0.1) is 30.3 Å². The molecule has 158 valence electrons. The zero-order valence-electron chi connectivity index (χ0n) is 16.0. The average molecular weight is 436 g/mol. The number of nitrogens with zero attached hydrogens (tertiary/aromatic N) is 4. The third kappa shape index (κ3) is 4.50. The van der Waals surface area contributed by atoms with Crippen molar-refractivity contribution in [3.8, 4) is 11.8 Å². The van der Waals surface area contributed by atoms with Gasteiger partial charge in [-0.25, -0.2) is 14.6 Å². The zero-order valence-corrected chi connectivity index (χ0v) is 16.8. The number of carboxylic acid groups (broad SMARTS) is 1. The number of carbonyl (C=O) groups is 2. The molecule has 0 bridgehead atoms. The van der Waals surface area contributed by atoms with Gasteiger partial charge in [0.1, 0.15) is 11.3 Å². The van der Waals surface area contributed by atoms with Crippen LogP contribution in [0.1, 0.15) is 22.8 Å². The normalized spacial score (nSPS) is 15.9. The van der Waals surface area contributed by atoms with Crippen LogP contribution in [-0.4, -0.2) is 58.2 Å². The van der Waals surface area contributed by atoms with Crippen molar-refractivity contribution in [1.82, 2.24) is 5.06 Å². The van der Waals surface area contributed by atoms with Crippen LogP contribution >= 0.6 is 11.8 Å². The molecule has 1 unspecified atom stereocenters. The molecule has 12 nitrogen and oxygen atoms in total. The SMILES string of the molecule is CCOC(=O)C1=NC(SC)N(OC)C(Oc2cc(C#N)ccc2C(=O)O)=C1[N+](=O)[O-]. The number of nitro groups is 1. The molecule has 1 aliphatic rings. The van der Waals surface area contributed by atoms with Crippen LogP contribution in [0.5, 0.6) is 5.75 Å². The van der Waals surface area contributed by atoms with Gasteiger partial charge in [0.25, 0.3) is 0 Å². The lowest BCUT2D eigenvalue weighted by Gasteiger charge is -2.31. The lowest BCUT2D eigenvalue weighted by Crippen LogP contribution is -2.42. The lowest BCUT2D eigenvalue weighted by atomic mass is 10.1. The van der Waals surface area contributed by atoms with E-state index in [4.69, 9.17) is 19.6 Å². The highest BCUT2D eigenvalue weighted by Gasteiger charge is 2.44. The fourth-order valence-corrected chi connectivity index (χ4v) is 3.00. The number of hydrogen-bond acceptors (Lipinski definition) is 11. The number of rotatable bonds is 8. The monoisotopic (exact) mass is 436 g/mol. The first-order chi connectivity index (χ1) is 14.3. The van der Waals surface area contributed by atoms with E-state index in [1.807, 2.05) is 6.07 Å². The van der Waals surface area contributed by atoms with Crippen LogP contribution in [0.3, 0.4) is 0 Å². The molecule has 0 aromatic heterocycles. The van der Waals surface area contributed by atoms with Gasteiger partial charge in [0.15, 0.2) is 5.50 Å². The second-order valence-corrected chi connectivity index (χ2v) is 6.30. The molecule has 0 saturated heterocycles. The van der Waals surface area contributed by atoms with Gasteiger partial charge in [-0.1, -0.05) is 0 Å². The molecule has 1 aliphatic heterocycles. The van der Waals surface area contributed by atoms with E-state index in [1.165, 1.54) is 20.1 Å². The van der Waals surface area contributed by atoms with Crippen LogP contribution < -0.4 is 4.74 Å². The van der Waals surface area contributed by atoms with E-state index in [1.54, 1.807) is 6.26 Å². The van der Waals surface area contributed by atoms with Crippen LogP contribution in [0.4, 0.5) is 0 Å². The summed E-state index contributed by atoms with van der Waals surface area (Å²) in [5, 5.41) is 31.2. The number of hydroxylamine groups is 2. The predicted octanol–water partition coefficient (Wildman–Crippen LogP) is 1.61. The van der Waals surface area contributed by atoms with E-state index in [2.05, 4.69) is 4.99 Å². The Morgan fingerprint density at radius 2 is 2.17 bits per heavy atom. The fraction of sp³-hybridized carbons (Fsp3) is 0.294. The molecule has 0 spiro atoms. The number of aliphatic imine (C=N–C) groups is 1. The maximum atomic E-state index is 12.3. The van der Waals surface area contributed by atoms with Crippen LogP contribution in [0, 0.1) is 21.4 Å².